The first-order valence-corrected chi connectivity index (χ1v) is 7.83. The monoisotopic (exact) mass is 293 g/mol. The van der Waals surface area contributed by atoms with Gasteiger partial charge in [0.05, 0.1) is 12.2 Å². The van der Waals surface area contributed by atoms with Crippen LogP contribution < -0.4 is 10.1 Å². The molecular formula is C18H31NO2. The number of benzene rings is 1. The Kier molecular flexibility index (Phi) is 7.20. The maximum absolute atomic E-state index is 6.04. The van der Waals surface area contributed by atoms with Crippen LogP contribution in [0, 0.1) is 12.8 Å². The SMILES string of the molecule is COC(C)(C)CCOc1c(C)cccc1CNCC(C)C. The number of methoxy groups -OCH3 is 1. The summed E-state index contributed by atoms with van der Waals surface area (Å²) in [7, 11) is 1.75. The van der Waals surface area contributed by atoms with Crippen LogP contribution in [0.2, 0.25) is 0 Å². The van der Waals surface area contributed by atoms with E-state index in [1.807, 2.05) is 0 Å². The third-order valence-electron chi connectivity index (χ3n) is 3.66. The number of aryl methyl sites for hydroxylation is 1. The van der Waals surface area contributed by atoms with Gasteiger partial charge in [-0.15, -0.1) is 0 Å². The number of ether oxygens (including phenoxy) is 2. The van der Waals surface area contributed by atoms with Crippen molar-refractivity contribution in [1.82, 2.24) is 5.32 Å². The second kappa shape index (κ2) is 8.40. The molecule has 0 fully saturated rings. The Morgan fingerprint density at radius 3 is 2.57 bits per heavy atom. The lowest BCUT2D eigenvalue weighted by Gasteiger charge is -2.23. The molecule has 0 heterocycles. The Balaban J connectivity index is 2.63. The van der Waals surface area contributed by atoms with Crippen molar-refractivity contribution in [2.45, 2.75) is 53.2 Å². The number of nitrogens with one attached hydrogen (secondary N) is 1. The molecule has 1 rings (SSSR count). The Labute approximate surface area is 130 Å². The van der Waals surface area contributed by atoms with E-state index in [0.717, 1.165) is 25.3 Å². The normalized spacial score (nSPS) is 12.0. The molecule has 3 nitrogen and oxygen atoms in total. The van der Waals surface area contributed by atoms with Gasteiger partial charge in [-0.05, 0) is 38.8 Å². The summed E-state index contributed by atoms with van der Waals surface area (Å²) in [5, 5.41) is 3.48. The number of hydrogen-bond donors (Lipinski definition) is 1. The molecule has 3 heteroatoms. The molecule has 0 aliphatic carbocycles. The minimum Gasteiger partial charge on any atom is -0.493 e. The van der Waals surface area contributed by atoms with Crippen LogP contribution in [0.5, 0.6) is 5.75 Å². The highest BCUT2D eigenvalue weighted by Gasteiger charge is 2.17. The minimum absolute atomic E-state index is 0.140. The van der Waals surface area contributed by atoms with E-state index in [2.05, 4.69) is 58.1 Å². The smallest absolute Gasteiger partial charge is 0.126 e. The largest absolute Gasteiger partial charge is 0.493 e. The van der Waals surface area contributed by atoms with Gasteiger partial charge in [0.1, 0.15) is 5.75 Å². The van der Waals surface area contributed by atoms with Crippen molar-refractivity contribution in [1.29, 1.82) is 0 Å². The highest BCUT2D eigenvalue weighted by Crippen LogP contribution is 2.24. The standard InChI is InChI=1S/C18H31NO2/c1-14(2)12-19-13-16-9-7-8-15(3)17(16)21-11-10-18(4,5)20-6/h7-9,14,19H,10-13H2,1-6H3. The summed E-state index contributed by atoms with van der Waals surface area (Å²) in [6, 6.07) is 6.33. The van der Waals surface area contributed by atoms with Crippen LogP contribution in [0.1, 0.15) is 45.2 Å². The average molecular weight is 293 g/mol. The lowest BCUT2D eigenvalue weighted by molar-refractivity contribution is 0.00531. The molecule has 0 atom stereocenters. The van der Waals surface area contributed by atoms with Gasteiger partial charge in [-0.25, -0.2) is 0 Å². The van der Waals surface area contributed by atoms with E-state index in [0.29, 0.717) is 12.5 Å². The first-order valence-electron chi connectivity index (χ1n) is 7.83. The molecule has 120 valence electrons. The molecular weight excluding hydrogens is 262 g/mol. The van der Waals surface area contributed by atoms with E-state index in [1.54, 1.807) is 7.11 Å². The fraction of sp³-hybridized carbons (Fsp3) is 0.667. The van der Waals surface area contributed by atoms with Gasteiger partial charge < -0.3 is 14.8 Å². The van der Waals surface area contributed by atoms with Crippen molar-refractivity contribution in [3.63, 3.8) is 0 Å². The molecule has 0 aliphatic rings. The second-order valence-corrected chi connectivity index (χ2v) is 6.65. The maximum atomic E-state index is 6.04. The molecule has 0 bridgehead atoms. The first kappa shape index (κ1) is 18.0. The molecule has 1 aromatic rings. The molecule has 0 aromatic heterocycles. The molecule has 0 spiro atoms. The van der Waals surface area contributed by atoms with E-state index in [4.69, 9.17) is 9.47 Å². The molecule has 0 saturated heterocycles. The topological polar surface area (TPSA) is 30.5 Å². The lowest BCUT2D eigenvalue weighted by Crippen LogP contribution is -2.25. The Morgan fingerprint density at radius 1 is 1.24 bits per heavy atom. The maximum Gasteiger partial charge on any atom is 0.126 e. The van der Waals surface area contributed by atoms with Crippen LogP contribution in [-0.4, -0.2) is 25.9 Å². The van der Waals surface area contributed by atoms with Gasteiger partial charge in [-0.2, -0.15) is 0 Å². The van der Waals surface area contributed by atoms with Gasteiger partial charge >= 0.3 is 0 Å². The minimum atomic E-state index is -0.140. The number of hydrogen-bond acceptors (Lipinski definition) is 3. The van der Waals surface area contributed by atoms with E-state index in [1.165, 1.54) is 11.1 Å². The Hall–Kier alpha value is -1.06. The fourth-order valence-electron chi connectivity index (χ4n) is 2.06. The molecule has 21 heavy (non-hydrogen) atoms. The molecule has 0 saturated carbocycles. The highest BCUT2D eigenvalue weighted by atomic mass is 16.5. The van der Waals surface area contributed by atoms with Crippen molar-refractivity contribution >= 4 is 0 Å². The van der Waals surface area contributed by atoms with Crippen LogP contribution in [0.4, 0.5) is 0 Å². The average Bonchev–Trinajstić information content (AvgIpc) is 2.41. The fourth-order valence-corrected chi connectivity index (χ4v) is 2.06. The summed E-state index contributed by atoms with van der Waals surface area (Å²) in [4.78, 5) is 0. The molecule has 1 aromatic carbocycles. The van der Waals surface area contributed by atoms with E-state index in [9.17, 15) is 0 Å². The van der Waals surface area contributed by atoms with Crippen molar-refractivity contribution in [3.05, 3.63) is 29.3 Å². The van der Waals surface area contributed by atoms with Gasteiger partial charge in [-0.1, -0.05) is 32.0 Å². The van der Waals surface area contributed by atoms with Gasteiger partial charge in [0.2, 0.25) is 0 Å². The number of para-hydroxylation sites is 1. The van der Waals surface area contributed by atoms with Crippen LogP contribution in [0.15, 0.2) is 18.2 Å². The highest BCUT2D eigenvalue weighted by molar-refractivity contribution is 5.40. The summed E-state index contributed by atoms with van der Waals surface area (Å²) < 4.78 is 11.5. The zero-order chi connectivity index (χ0) is 15.9. The summed E-state index contributed by atoms with van der Waals surface area (Å²) in [5.41, 5.74) is 2.28. The van der Waals surface area contributed by atoms with Crippen molar-refractivity contribution < 1.29 is 9.47 Å². The zero-order valence-corrected chi connectivity index (χ0v) is 14.5. The van der Waals surface area contributed by atoms with Crippen LogP contribution >= 0.6 is 0 Å². The third kappa shape index (κ3) is 6.49. The molecule has 0 amide bonds. The van der Waals surface area contributed by atoms with Crippen molar-refractivity contribution in [2.24, 2.45) is 5.92 Å². The Bertz CT molecular complexity index is 427. The molecule has 0 aliphatic heterocycles. The molecule has 0 unspecified atom stereocenters. The van der Waals surface area contributed by atoms with Crippen molar-refractivity contribution in [2.75, 3.05) is 20.3 Å². The second-order valence-electron chi connectivity index (χ2n) is 6.65. The summed E-state index contributed by atoms with van der Waals surface area (Å²) in [6.45, 7) is 13.2. The van der Waals surface area contributed by atoms with E-state index in [-0.39, 0.29) is 5.60 Å². The van der Waals surface area contributed by atoms with Crippen LogP contribution in [0.25, 0.3) is 0 Å². The van der Waals surface area contributed by atoms with Gasteiger partial charge in [-0.3, -0.25) is 0 Å². The first-order chi connectivity index (χ1) is 9.85. The van der Waals surface area contributed by atoms with Gasteiger partial charge in [0.15, 0.2) is 0 Å². The van der Waals surface area contributed by atoms with E-state index < -0.39 is 0 Å². The quantitative estimate of drug-likeness (QED) is 0.748. The zero-order valence-electron chi connectivity index (χ0n) is 14.5. The van der Waals surface area contributed by atoms with E-state index >= 15 is 0 Å². The predicted octanol–water partition coefficient (Wildman–Crippen LogP) is 3.93. The molecule has 0 radical (unpaired) electrons. The van der Waals surface area contributed by atoms with Crippen LogP contribution in [-0.2, 0) is 11.3 Å². The van der Waals surface area contributed by atoms with Gasteiger partial charge in [0, 0.05) is 25.6 Å². The van der Waals surface area contributed by atoms with Gasteiger partial charge in [0.25, 0.3) is 0 Å². The third-order valence-corrected chi connectivity index (χ3v) is 3.66. The summed E-state index contributed by atoms with van der Waals surface area (Å²) in [5.74, 6) is 1.67. The van der Waals surface area contributed by atoms with Crippen molar-refractivity contribution in [3.8, 4) is 5.75 Å². The number of rotatable bonds is 9. The summed E-state index contributed by atoms with van der Waals surface area (Å²) >= 11 is 0. The predicted molar refractivity (Wildman–Crippen MR) is 88.9 cm³/mol. The summed E-state index contributed by atoms with van der Waals surface area (Å²) in [6.07, 6.45) is 0.872. The van der Waals surface area contributed by atoms with Crippen LogP contribution in [0.3, 0.4) is 0 Å². The lowest BCUT2D eigenvalue weighted by atomic mass is 10.1. The molecule has 1 N–H and O–H groups in total. The Morgan fingerprint density at radius 2 is 1.95 bits per heavy atom.